The van der Waals surface area contributed by atoms with Gasteiger partial charge in [-0.05, 0) is 24.3 Å². The van der Waals surface area contributed by atoms with E-state index in [1.54, 1.807) is 19.2 Å². The first-order valence-corrected chi connectivity index (χ1v) is 6.50. The Hall–Kier alpha value is -3.00. The van der Waals surface area contributed by atoms with Crippen LogP contribution >= 0.6 is 0 Å². The average Bonchev–Trinajstić information content (AvgIpc) is 2.83. The molecule has 5 heteroatoms. The number of methoxy groups -OCH3 is 1. The number of hydrogen-bond acceptors (Lipinski definition) is 4. The smallest absolute Gasteiger partial charge is 0.201 e. The molecule has 1 aromatic heterocycles. The van der Waals surface area contributed by atoms with Crippen LogP contribution in [0.1, 0.15) is 11.1 Å². The predicted molar refractivity (Wildman–Crippen MR) is 81.0 cm³/mol. The molecule has 5 nitrogen and oxygen atoms in total. The van der Waals surface area contributed by atoms with E-state index in [2.05, 4.69) is 11.1 Å². The maximum absolute atomic E-state index is 9.04. The molecule has 0 spiro atoms. The third-order valence-electron chi connectivity index (χ3n) is 3.43. The fourth-order valence-electron chi connectivity index (χ4n) is 2.38. The zero-order chi connectivity index (χ0) is 14.8. The number of para-hydroxylation sites is 1. The second kappa shape index (κ2) is 5.17. The van der Waals surface area contributed by atoms with Crippen LogP contribution in [0.5, 0.6) is 5.75 Å². The summed E-state index contributed by atoms with van der Waals surface area (Å²) in [6.07, 6.45) is 0. The summed E-state index contributed by atoms with van der Waals surface area (Å²) in [7, 11) is 1.64. The van der Waals surface area contributed by atoms with Gasteiger partial charge in [0, 0.05) is 5.56 Å². The van der Waals surface area contributed by atoms with Crippen molar-refractivity contribution in [1.82, 2.24) is 9.55 Å². The summed E-state index contributed by atoms with van der Waals surface area (Å²) in [6, 6.07) is 15.2. The van der Waals surface area contributed by atoms with Crippen molar-refractivity contribution >= 4 is 17.0 Å². The van der Waals surface area contributed by atoms with E-state index in [0.29, 0.717) is 18.1 Å². The molecular weight excluding hydrogens is 264 g/mol. The van der Waals surface area contributed by atoms with Gasteiger partial charge in [0.2, 0.25) is 5.95 Å². The second-order valence-corrected chi connectivity index (χ2v) is 4.68. The normalized spacial score (nSPS) is 10.5. The molecule has 0 aliphatic heterocycles. The molecule has 0 aliphatic carbocycles. The number of benzene rings is 2. The van der Waals surface area contributed by atoms with Crippen LogP contribution in [-0.2, 0) is 6.54 Å². The number of imidazole rings is 1. The number of rotatable bonds is 3. The van der Waals surface area contributed by atoms with Crippen molar-refractivity contribution in [2.24, 2.45) is 0 Å². The summed E-state index contributed by atoms with van der Waals surface area (Å²) in [6.45, 7) is 0.543. The van der Waals surface area contributed by atoms with Crippen molar-refractivity contribution < 1.29 is 4.74 Å². The number of nitrogens with zero attached hydrogens (tertiary/aromatic N) is 3. The summed E-state index contributed by atoms with van der Waals surface area (Å²) in [5.74, 6) is 1.22. The summed E-state index contributed by atoms with van der Waals surface area (Å²) < 4.78 is 7.25. The van der Waals surface area contributed by atoms with E-state index >= 15 is 0 Å². The van der Waals surface area contributed by atoms with Gasteiger partial charge in [0.25, 0.3) is 0 Å². The zero-order valence-corrected chi connectivity index (χ0v) is 11.6. The Balaban J connectivity index is 2.12. The topological polar surface area (TPSA) is 76.9 Å². The molecular formula is C16H14N4O. The van der Waals surface area contributed by atoms with Crippen LogP contribution in [0.4, 0.5) is 5.95 Å². The van der Waals surface area contributed by atoms with E-state index in [0.717, 1.165) is 22.3 Å². The number of fused-ring (bicyclic) bond motifs is 1. The molecule has 1 heterocycles. The molecule has 0 fully saturated rings. The van der Waals surface area contributed by atoms with Gasteiger partial charge in [-0.3, -0.25) is 0 Å². The van der Waals surface area contributed by atoms with Crippen molar-refractivity contribution in [3.63, 3.8) is 0 Å². The number of ether oxygens (including phenoxy) is 1. The lowest BCUT2D eigenvalue weighted by atomic mass is 10.2. The molecule has 0 radical (unpaired) electrons. The summed E-state index contributed by atoms with van der Waals surface area (Å²) >= 11 is 0. The number of nitrogens with two attached hydrogens (primary N) is 1. The van der Waals surface area contributed by atoms with Crippen LogP contribution < -0.4 is 10.5 Å². The van der Waals surface area contributed by atoms with Gasteiger partial charge in [0.1, 0.15) is 5.75 Å². The quantitative estimate of drug-likeness (QED) is 0.798. The summed E-state index contributed by atoms with van der Waals surface area (Å²) in [4.78, 5) is 4.33. The second-order valence-electron chi connectivity index (χ2n) is 4.68. The highest BCUT2D eigenvalue weighted by molar-refractivity contribution is 5.80. The predicted octanol–water partition coefficient (Wildman–Crippen LogP) is 2.55. The van der Waals surface area contributed by atoms with Crippen molar-refractivity contribution in [3.8, 4) is 11.8 Å². The molecule has 0 amide bonds. The maximum Gasteiger partial charge on any atom is 0.201 e. The third kappa shape index (κ3) is 2.28. The molecule has 0 atom stereocenters. The minimum Gasteiger partial charge on any atom is -0.496 e. The number of nitrogen functional groups attached to an aromatic ring is 1. The Morgan fingerprint density at radius 1 is 1.29 bits per heavy atom. The van der Waals surface area contributed by atoms with E-state index in [4.69, 9.17) is 15.7 Å². The molecule has 2 aromatic carbocycles. The van der Waals surface area contributed by atoms with Crippen LogP contribution in [0.2, 0.25) is 0 Å². The molecule has 0 bridgehead atoms. The lowest BCUT2D eigenvalue weighted by Crippen LogP contribution is -2.05. The van der Waals surface area contributed by atoms with Crippen LogP contribution in [0.15, 0.2) is 42.5 Å². The minimum absolute atomic E-state index is 0.422. The monoisotopic (exact) mass is 278 g/mol. The van der Waals surface area contributed by atoms with Gasteiger partial charge in [-0.25, -0.2) is 4.98 Å². The molecule has 0 saturated carbocycles. The number of hydrogen-bond donors (Lipinski definition) is 1. The van der Waals surface area contributed by atoms with Crippen molar-refractivity contribution in [2.45, 2.75) is 6.54 Å². The molecule has 2 N–H and O–H groups in total. The van der Waals surface area contributed by atoms with Gasteiger partial charge in [-0.1, -0.05) is 18.2 Å². The highest BCUT2D eigenvalue weighted by Gasteiger charge is 2.11. The van der Waals surface area contributed by atoms with Crippen molar-refractivity contribution in [2.75, 3.05) is 12.8 Å². The molecule has 3 aromatic rings. The first kappa shape index (κ1) is 13.0. The van der Waals surface area contributed by atoms with Gasteiger partial charge in [-0.2, -0.15) is 5.26 Å². The molecule has 21 heavy (non-hydrogen) atoms. The SMILES string of the molecule is COc1ccccc1Cn1c(N)nc2ccc(C#N)cc21. The standard InChI is InChI=1S/C16H14N4O/c1-21-15-5-3-2-4-12(15)10-20-14-8-11(9-17)6-7-13(14)19-16(20)18/h2-8H,10H2,1H3,(H2,18,19). The number of anilines is 1. The van der Waals surface area contributed by atoms with E-state index in [-0.39, 0.29) is 0 Å². The summed E-state index contributed by atoms with van der Waals surface area (Å²) in [5, 5.41) is 9.04. The molecule has 0 saturated heterocycles. The zero-order valence-electron chi connectivity index (χ0n) is 11.6. The fourth-order valence-corrected chi connectivity index (χ4v) is 2.38. The van der Waals surface area contributed by atoms with Crippen LogP contribution in [-0.4, -0.2) is 16.7 Å². The maximum atomic E-state index is 9.04. The molecule has 104 valence electrons. The first-order valence-electron chi connectivity index (χ1n) is 6.50. The van der Waals surface area contributed by atoms with Crippen molar-refractivity contribution in [1.29, 1.82) is 5.26 Å². The van der Waals surface area contributed by atoms with Crippen molar-refractivity contribution in [3.05, 3.63) is 53.6 Å². The first-order chi connectivity index (χ1) is 10.2. The fraction of sp³-hybridized carbons (Fsp3) is 0.125. The lowest BCUT2D eigenvalue weighted by molar-refractivity contribution is 0.408. The average molecular weight is 278 g/mol. The van der Waals surface area contributed by atoms with E-state index < -0.39 is 0 Å². The van der Waals surface area contributed by atoms with Gasteiger partial charge in [-0.15, -0.1) is 0 Å². The van der Waals surface area contributed by atoms with Crippen LogP contribution in [0.25, 0.3) is 11.0 Å². The van der Waals surface area contributed by atoms with Gasteiger partial charge < -0.3 is 15.0 Å². The molecule has 0 aliphatic rings. The molecule has 0 unspecified atom stereocenters. The van der Waals surface area contributed by atoms with Gasteiger partial charge in [0.05, 0.1) is 36.3 Å². The highest BCUT2D eigenvalue weighted by atomic mass is 16.5. The largest absolute Gasteiger partial charge is 0.496 e. The Morgan fingerprint density at radius 2 is 2.10 bits per heavy atom. The number of aromatic nitrogens is 2. The van der Waals surface area contributed by atoms with E-state index in [1.807, 2.05) is 34.9 Å². The Morgan fingerprint density at radius 3 is 2.86 bits per heavy atom. The van der Waals surface area contributed by atoms with E-state index in [9.17, 15) is 0 Å². The molecule has 3 rings (SSSR count). The van der Waals surface area contributed by atoms with Crippen LogP contribution in [0, 0.1) is 11.3 Å². The van der Waals surface area contributed by atoms with E-state index in [1.165, 1.54) is 0 Å². The third-order valence-corrected chi connectivity index (χ3v) is 3.43. The Labute approximate surface area is 122 Å². The van der Waals surface area contributed by atoms with Crippen LogP contribution in [0.3, 0.4) is 0 Å². The Bertz CT molecular complexity index is 845. The summed E-state index contributed by atoms with van der Waals surface area (Å²) in [5.41, 5.74) is 9.23. The lowest BCUT2D eigenvalue weighted by Gasteiger charge is -2.10. The highest BCUT2D eigenvalue weighted by Crippen LogP contribution is 2.24. The minimum atomic E-state index is 0.422. The van der Waals surface area contributed by atoms with Gasteiger partial charge >= 0.3 is 0 Å². The number of nitriles is 1. The Kier molecular flexibility index (Phi) is 3.20. The van der Waals surface area contributed by atoms with Gasteiger partial charge in [0.15, 0.2) is 0 Å².